The van der Waals surface area contributed by atoms with Gasteiger partial charge in [0.25, 0.3) is 0 Å². The first-order valence-electron chi connectivity index (χ1n) is 20.8. The van der Waals surface area contributed by atoms with Crippen LogP contribution in [0.1, 0.15) is 25.0 Å². The summed E-state index contributed by atoms with van der Waals surface area (Å²) in [6.45, 7) is 4.64. The molecule has 0 saturated heterocycles. The summed E-state index contributed by atoms with van der Waals surface area (Å²) in [5.41, 5.74) is 17.9. The molecule has 0 saturated carbocycles. The molecular formula is C57H40N4. The smallest absolute Gasteiger partial charge is 0.164 e. The van der Waals surface area contributed by atoms with Gasteiger partial charge < -0.3 is 0 Å². The molecule has 0 spiro atoms. The number of aromatic nitrogens is 4. The molecule has 1 aliphatic rings. The van der Waals surface area contributed by atoms with Crippen molar-refractivity contribution in [3.8, 4) is 89.9 Å². The molecular weight excluding hydrogens is 741 g/mol. The average Bonchev–Trinajstić information content (AvgIpc) is 3.34. The number of fused-ring (bicyclic) bond motifs is 2. The zero-order valence-electron chi connectivity index (χ0n) is 33.9. The molecule has 4 nitrogen and oxygen atoms in total. The Morgan fingerprint density at radius 1 is 0.295 bits per heavy atom. The Morgan fingerprint density at radius 2 is 0.721 bits per heavy atom. The lowest BCUT2D eigenvalue weighted by molar-refractivity contribution is 0.645. The van der Waals surface area contributed by atoms with E-state index in [9.17, 15) is 0 Å². The normalized spacial score (nSPS) is 12.6. The molecule has 0 amide bonds. The Labute approximate surface area is 356 Å². The van der Waals surface area contributed by atoms with E-state index >= 15 is 0 Å². The molecule has 11 rings (SSSR count). The maximum atomic E-state index is 5.22. The minimum absolute atomic E-state index is 0.0946. The molecule has 2 heterocycles. The van der Waals surface area contributed by atoms with E-state index in [4.69, 9.17) is 19.9 Å². The van der Waals surface area contributed by atoms with Crippen molar-refractivity contribution in [1.29, 1.82) is 0 Å². The minimum atomic E-state index is -0.0946. The van der Waals surface area contributed by atoms with E-state index in [0.29, 0.717) is 17.5 Å². The largest absolute Gasteiger partial charge is 0.248 e. The third kappa shape index (κ3) is 6.59. The number of benzene rings is 8. The molecule has 0 aliphatic heterocycles. The van der Waals surface area contributed by atoms with Crippen molar-refractivity contribution in [2.24, 2.45) is 0 Å². The van der Waals surface area contributed by atoms with Crippen LogP contribution in [-0.4, -0.2) is 19.9 Å². The van der Waals surface area contributed by atoms with Crippen molar-refractivity contribution in [3.05, 3.63) is 217 Å². The van der Waals surface area contributed by atoms with Gasteiger partial charge in [-0.2, -0.15) is 0 Å². The number of rotatable bonds is 7. The first-order chi connectivity index (χ1) is 30.0. The summed E-state index contributed by atoms with van der Waals surface area (Å²) in [5.74, 6) is 1.90. The van der Waals surface area contributed by atoms with Gasteiger partial charge in [0.1, 0.15) is 0 Å². The van der Waals surface area contributed by atoms with Gasteiger partial charge in [0.2, 0.25) is 0 Å². The molecule has 10 aromatic rings. The fourth-order valence-electron chi connectivity index (χ4n) is 8.92. The standard InChI is InChI=1S/C57H40N4/c1-57(2)49-23-10-9-22-47(49)48-36-52(58-51-25-13-24-50(57)53(48)51)40-30-26-39(27-31-40)43-18-11-19-44(34-43)45-20-12-21-46(35-45)56-60-54(41-16-7-4-8-17-41)59-55(61-56)42-32-28-38(29-33-42)37-14-5-3-6-15-37/h3-36H,1-2H3. The van der Waals surface area contributed by atoms with Gasteiger partial charge in [-0.15, -0.1) is 0 Å². The van der Waals surface area contributed by atoms with Crippen LogP contribution in [0.5, 0.6) is 0 Å². The van der Waals surface area contributed by atoms with Gasteiger partial charge in [-0.25, -0.2) is 19.9 Å². The summed E-state index contributed by atoms with van der Waals surface area (Å²) in [7, 11) is 0. The summed E-state index contributed by atoms with van der Waals surface area (Å²) in [4.78, 5) is 20.3. The minimum Gasteiger partial charge on any atom is -0.248 e. The quantitative estimate of drug-likeness (QED) is 0.162. The Balaban J connectivity index is 0.916. The summed E-state index contributed by atoms with van der Waals surface area (Å²) < 4.78 is 0. The van der Waals surface area contributed by atoms with Crippen molar-refractivity contribution < 1.29 is 0 Å². The lowest BCUT2D eigenvalue weighted by Crippen LogP contribution is -2.23. The lowest BCUT2D eigenvalue weighted by atomic mass is 9.69. The highest BCUT2D eigenvalue weighted by Crippen LogP contribution is 2.49. The number of pyridine rings is 1. The van der Waals surface area contributed by atoms with E-state index in [1.807, 2.05) is 36.4 Å². The predicted octanol–water partition coefficient (Wildman–Crippen LogP) is 14.4. The van der Waals surface area contributed by atoms with E-state index in [1.54, 1.807) is 0 Å². The van der Waals surface area contributed by atoms with Crippen LogP contribution >= 0.6 is 0 Å². The van der Waals surface area contributed by atoms with Crippen LogP contribution in [0.25, 0.3) is 101 Å². The van der Waals surface area contributed by atoms with Gasteiger partial charge in [0.15, 0.2) is 17.5 Å². The number of nitrogens with zero attached hydrogens (tertiary/aromatic N) is 4. The molecule has 0 atom stereocenters. The fourth-order valence-corrected chi connectivity index (χ4v) is 8.92. The molecule has 0 unspecified atom stereocenters. The molecule has 0 N–H and O–H groups in total. The molecule has 0 fully saturated rings. The zero-order valence-corrected chi connectivity index (χ0v) is 33.9. The van der Waals surface area contributed by atoms with Gasteiger partial charge in [-0.05, 0) is 79.9 Å². The first-order valence-corrected chi connectivity index (χ1v) is 20.8. The van der Waals surface area contributed by atoms with Crippen molar-refractivity contribution >= 4 is 10.9 Å². The highest BCUT2D eigenvalue weighted by atomic mass is 15.0. The molecule has 61 heavy (non-hydrogen) atoms. The van der Waals surface area contributed by atoms with Crippen LogP contribution in [0.4, 0.5) is 0 Å². The van der Waals surface area contributed by atoms with E-state index in [0.717, 1.165) is 61.3 Å². The van der Waals surface area contributed by atoms with Crippen LogP contribution in [0, 0.1) is 0 Å². The molecule has 288 valence electrons. The topological polar surface area (TPSA) is 51.6 Å². The summed E-state index contributed by atoms with van der Waals surface area (Å²) in [6.07, 6.45) is 0. The number of hydrogen-bond acceptors (Lipinski definition) is 4. The zero-order chi connectivity index (χ0) is 40.9. The van der Waals surface area contributed by atoms with E-state index in [2.05, 4.69) is 184 Å². The SMILES string of the molecule is CC1(C)c2ccccc2-c2cc(-c3ccc(-c4cccc(-c5cccc(-c6nc(-c7ccccc7)nc(-c7ccc(-c8ccccc8)cc7)n6)c5)c4)cc3)nc3cccc1c23. The van der Waals surface area contributed by atoms with Gasteiger partial charge in [0.05, 0.1) is 11.2 Å². The van der Waals surface area contributed by atoms with Crippen LogP contribution in [-0.2, 0) is 5.41 Å². The second-order valence-electron chi connectivity index (χ2n) is 16.3. The Morgan fingerprint density at radius 3 is 1.39 bits per heavy atom. The first kappa shape index (κ1) is 36.3. The number of hydrogen-bond donors (Lipinski definition) is 0. The third-order valence-electron chi connectivity index (χ3n) is 12.1. The Bertz CT molecular complexity index is 3240. The molecule has 4 heteroatoms. The fraction of sp³-hybridized carbons (Fsp3) is 0.0526. The van der Waals surface area contributed by atoms with Crippen LogP contribution in [0.15, 0.2) is 206 Å². The maximum Gasteiger partial charge on any atom is 0.164 e. The van der Waals surface area contributed by atoms with E-state index in [-0.39, 0.29) is 5.41 Å². The third-order valence-corrected chi connectivity index (χ3v) is 12.1. The highest BCUT2D eigenvalue weighted by Gasteiger charge is 2.33. The Kier molecular flexibility index (Phi) is 8.79. The van der Waals surface area contributed by atoms with Crippen LogP contribution in [0.2, 0.25) is 0 Å². The van der Waals surface area contributed by atoms with E-state index in [1.165, 1.54) is 33.2 Å². The summed E-state index contributed by atoms with van der Waals surface area (Å²) >= 11 is 0. The van der Waals surface area contributed by atoms with Crippen molar-refractivity contribution in [3.63, 3.8) is 0 Å². The second kappa shape index (κ2) is 14.8. The van der Waals surface area contributed by atoms with E-state index < -0.39 is 0 Å². The van der Waals surface area contributed by atoms with Crippen molar-refractivity contribution in [2.75, 3.05) is 0 Å². The average molecular weight is 781 g/mol. The maximum absolute atomic E-state index is 5.22. The molecule has 8 aromatic carbocycles. The van der Waals surface area contributed by atoms with Crippen molar-refractivity contribution in [2.45, 2.75) is 19.3 Å². The van der Waals surface area contributed by atoms with Gasteiger partial charge in [0, 0.05) is 33.1 Å². The van der Waals surface area contributed by atoms with Crippen LogP contribution in [0.3, 0.4) is 0 Å². The van der Waals surface area contributed by atoms with Gasteiger partial charge in [-0.1, -0.05) is 196 Å². The summed E-state index contributed by atoms with van der Waals surface area (Å²) in [5, 5.41) is 1.26. The van der Waals surface area contributed by atoms with Gasteiger partial charge in [-0.3, -0.25) is 0 Å². The van der Waals surface area contributed by atoms with Gasteiger partial charge >= 0.3 is 0 Å². The second-order valence-corrected chi connectivity index (χ2v) is 16.3. The molecule has 1 aliphatic carbocycles. The summed E-state index contributed by atoms with van der Waals surface area (Å²) in [6, 6.07) is 72.6. The van der Waals surface area contributed by atoms with Crippen LogP contribution < -0.4 is 0 Å². The monoisotopic (exact) mass is 780 g/mol. The molecule has 0 radical (unpaired) electrons. The predicted molar refractivity (Wildman–Crippen MR) is 251 cm³/mol. The van der Waals surface area contributed by atoms with Crippen molar-refractivity contribution in [1.82, 2.24) is 19.9 Å². The lowest BCUT2D eigenvalue weighted by Gasteiger charge is -2.35. The Hall–Kier alpha value is -7.82. The molecule has 0 bridgehead atoms. The highest BCUT2D eigenvalue weighted by molar-refractivity contribution is 6.03. The molecule has 2 aromatic heterocycles.